The molecule has 0 spiro atoms. The van der Waals surface area contributed by atoms with Gasteiger partial charge in [0.25, 0.3) is 0 Å². The third kappa shape index (κ3) is 3.89. The van der Waals surface area contributed by atoms with Crippen LogP contribution in [-0.4, -0.2) is 36.2 Å². The molecule has 0 aromatic carbocycles. The van der Waals surface area contributed by atoms with Crippen molar-refractivity contribution in [1.82, 2.24) is 10.6 Å². The van der Waals surface area contributed by atoms with Crippen molar-refractivity contribution in [2.75, 3.05) is 18.1 Å². The first-order valence-electron chi connectivity index (χ1n) is 8.50. The van der Waals surface area contributed by atoms with Gasteiger partial charge in [0.15, 0.2) is 0 Å². The fourth-order valence-electron chi connectivity index (χ4n) is 4.26. The predicted octanol–water partition coefficient (Wildman–Crippen LogP) is 3.17. The third-order valence-corrected chi connectivity index (χ3v) is 6.40. The summed E-state index contributed by atoms with van der Waals surface area (Å²) in [7, 11) is 0. The van der Waals surface area contributed by atoms with Crippen molar-refractivity contribution in [2.24, 2.45) is 5.92 Å². The van der Waals surface area contributed by atoms with Gasteiger partial charge in [-0.3, -0.25) is 0 Å². The summed E-state index contributed by atoms with van der Waals surface area (Å²) in [5.41, 5.74) is 0. The van der Waals surface area contributed by atoms with Gasteiger partial charge in [0.05, 0.1) is 0 Å². The van der Waals surface area contributed by atoms with E-state index in [9.17, 15) is 0 Å². The molecule has 3 heteroatoms. The van der Waals surface area contributed by atoms with Crippen LogP contribution in [0.3, 0.4) is 0 Å². The second kappa shape index (κ2) is 7.33. The fraction of sp³-hybridized carbons (Fsp3) is 1.00. The molecule has 2 N–H and O–H groups in total. The van der Waals surface area contributed by atoms with Crippen LogP contribution in [0.25, 0.3) is 0 Å². The molecule has 2 nitrogen and oxygen atoms in total. The lowest BCUT2D eigenvalue weighted by Crippen LogP contribution is -2.53. The summed E-state index contributed by atoms with van der Waals surface area (Å²) in [6, 6.07) is 2.43. The highest BCUT2D eigenvalue weighted by molar-refractivity contribution is 7.99. The minimum Gasteiger partial charge on any atom is -0.314 e. The summed E-state index contributed by atoms with van der Waals surface area (Å²) in [6.45, 7) is 1.26. The van der Waals surface area contributed by atoms with Crippen molar-refractivity contribution < 1.29 is 0 Å². The lowest BCUT2D eigenvalue weighted by Gasteiger charge is -2.42. The Labute approximate surface area is 122 Å². The van der Waals surface area contributed by atoms with E-state index >= 15 is 0 Å². The average molecular weight is 282 g/mol. The highest BCUT2D eigenvalue weighted by Gasteiger charge is 2.33. The number of piperidine rings is 1. The zero-order valence-electron chi connectivity index (χ0n) is 12.2. The van der Waals surface area contributed by atoms with E-state index in [-0.39, 0.29) is 0 Å². The van der Waals surface area contributed by atoms with Gasteiger partial charge in [-0.25, -0.2) is 0 Å². The van der Waals surface area contributed by atoms with Crippen molar-refractivity contribution in [3.8, 4) is 0 Å². The SMILES string of the molecule is C1CCC(C2CCCCC2NC2CCSCC2)NC1. The van der Waals surface area contributed by atoms with E-state index in [1.807, 2.05) is 0 Å². The highest BCUT2D eigenvalue weighted by atomic mass is 32.2. The Kier molecular flexibility index (Phi) is 5.48. The first-order chi connectivity index (χ1) is 9.43. The molecule has 3 aliphatic rings. The van der Waals surface area contributed by atoms with Gasteiger partial charge >= 0.3 is 0 Å². The monoisotopic (exact) mass is 282 g/mol. The fourth-order valence-corrected chi connectivity index (χ4v) is 5.37. The van der Waals surface area contributed by atoms with Crippen LogP contribution in [0, 0.1) is 5.92 Å². The maximum absolute atomic E-state index is 4.05. The van der Waals surface area contributed by atoms with E-state index in [4.69, 9.17) is 0 Å². The Morgan fingerprint density at radius 2 is 1.63 bits per heavy atom. The van der Waals surface area contributed by atoms with Crippen LogP contribution in [0.15, 0.2) is 0 Å². The molecule has 3 fully saturated rings. The Balaban J connectivity index is 1.56. The number of nitrogens with one attached hydrogen (secondary N) is 2. The van der Waals surface area contributed by atoms with Crippen LogP contribution in [0.5, 0.6) is 0 Å². The number of thioether (sulfide) groups is 1. The maximum Gasteiger partial charge on any atom is 0.0113 e. The van der Waals surface area contributed by atoms with E-state index in [1.54, 1.807) is 0 Å². The molecule has 3 rings (SSSR count). The Hall–Kier alpha value is 0.270. The van der Waals surface area contributed by atoms with Crippen LogP contribution in [0.1, 0.15) is 57.8 Å². The number of rotatable bonds is 3. The normalized spacial score (nSPS) is 38.2. The summed E-state index contributed by atoms with van der Waals surface area (Å²) in [6.07, 6.45) is 12.8. The summed E-state index contributed by atoms with van der Waals surface area (Å²) in [5, 5.41) is 7.86. The zero-order valence-corrected chi connectivity index (χ0v) is 13.0. The van der Waals surface area contributed by atoms with Crippen molar-refractivity contribution >= 4 is 11.8 Å². The number of hydrogen-bond donors (Lipinski definition) is 2. The molecule has 0 aromatic rings. The molecule has 0 aromatic heterocycles. The van der Waals surface area contributed by atoms with Gasteiger partial charge in [0.1, 0.15) is 0 Å². The Morgan fingerprint density at radius 3 is 2.42 bits per heavy atom. The molecule has 1 saturated carbocycles. The molecule has 3 atom stereocenters. The zero-order chi connectivity index (χ0) is 12.9. The Morgan fingerprint density at radius 1 is 0.842 bits per heavy atom. The molecule has 0 radical (unpaired) electrons. The van der Waals surface area contributed by atoms with Crippen LogP contribution < -0.4 is 10.6 Å². The van der Waals surface area contributed by atoms with Crippen LogP contribution >= 0.6 is 11.8 Å². The molecule has 110 valence electrons. The van der Waals surface area contributed by atoms with Gasteiger partial charge in [-0.15, -0.1) is 0 Å². The van der Waals surface area contributed by atoms with Crippen LogP contribution in [-0.2, 0) is 0 Å². The minimum absolute atomic E-state index is 0.803. The highest BCUT2D eigenvalue weighted by Crippen LogP contribution is 2.31. The summed E-state index contributed by atoms with van der Waals surface area (Å²) < 4.78 is 0. The average Bonchev–Trinajstić information content (AvgIpc) is 2.50. The van der Waals surface area contributed by atoms with E-state index in [0.717, 1.165) is 24.0 Å². The molecule has 0 amide bonds. The molecule has 3 unspecified atom stereocenters. The molecular weight excluding hydrogens is 252 g/mol. The van der Waals surface area contributed by atoms with E-state index in [0.29, 0.717) is 0 Å². The third-order valence-electron chi connectivity index (χ3n) is 5.36. The molecular formula is C16H30N2S. The molecule has 0 bridgehead atoms. The lowest BCUT2D eigenvalue weighted by molar-refractivity contribution is 0.169. The summed E-state index contributed by atoms with van der Waals surface area (Å²) in [5.74, 6) is 3.65. The Bertz CT molecular complexity index is 259. The summed E-state index contributed by atoms with van der Waals surface area (Å²) in [4.78, 5) is 0. The molecule has 2 saturated heterocycles. The quantitative estimate of drug-likeness (QED) is 0.831. The van der Waals surface area contributed by atoms with Crippen molar-refractivity contribution in [2.45, 2.75) is 75.9 Å². The van der Waals surface area contributed by atoms with E-state index in [2.05, 4.69) is 22.4 Å². The predicted molar refractivity (Wildman–Crippen MR) is 84.9 cm³/mol. The van der Waals surface area contributed by atoms with Crippen LogP contribution in [0.4, 0.5) is 0 Å². The van der Waals surface area contributed by atoms with Crippen molar-refractivity contribution in [1.29, 1.82) is 0 Å². The standard InChI is InChI=1S/C16H30N2S/c1-2-7-16(18-13-8-11-19-12-9-13)14(5-1)15-6-3-4-10-17-15/h13-18H,1-12H2. The second-order valence-corrected chi connectivity index (χ2v) is 7.89. The molecule has 2 aliphatic heterocycles. The van der Waals surface area contributed by atoms with Crippen molar-refractivity contribution in [3.05, 3.63) is 0 Å². The molecule has 2 heterocycles. The second-order valence-electron chi connectivity index (χ2n) is 6.66. The van der Waals surface area contributed by atoms with E-state index in [1.165, 1.54) is 75.8 Å². The minimum atomic E-state index is 0.803. The molecule has 1 aliphatic carbocycles. The topological polar surface area (TPSA) is 24.1 Å². The smallest absolute Gasteiger partial charge is 0.0113 e. The largest absolute Gasteiger partial charge is 0.314 e. The van der Waals surface area contributed by atoms with Gasteiger partial charge in [-0.05, 0) is 62.5 Å². The van der Waals surface area contributed by atoms with Crippen LogP contribution in [0.2, 0.25) is 0 Å². The number of hydrogen-bond acceptors (Lipinski definition) is 3. The van der Waals surface area contributed by atoms with Gasteiger partial charge in [0, 0.05) is 18.1 Å². The van der Waals surface area contributed by atoms with Gasteiger partial charge < -0.3 is 10.6 Å². The van der Waals surface area contributed by atoms with Gasteiger partial charge in [-0.1, -0.05) is 19.3 Å². The summed E-state index contributed by atoms with van der Waals surface area (Å²) >= 11 is 2.14. The maximum atomic E-state index is 4.05. The van der Waals surface area contributed by atoms with E-state index < -0.39 is 0 Å². The first kappa shape index (κ1) is 14.2. The van der Waals surface area contributed by atoms with Crippen molar-refractivity contribution in [3.63, 3.8) is 0 Å². The molecule has 19 heavy (non-hydrogen) atoms. The lowest BCUT2D eigenvalue weighted by atomic mass is 9.77. The van der Waals surface area contributed by atoms with Gasteiger partial charge in [-0.2, -0.15) is 11.8 Å². The van der Waals surface area contributed by atoms with Gasteiger partial charge in [0.2, 0.25) is 0 Å². The first-order valence-corrected chi connectivity index (χ1v) is 9.66.